The van der Waals surface area contributed by atoms with E-state index in [2.05, 4.69) is 4.37 Å². The SMILES string of the molecule is O=C(O)Cn1c(-c2ccsn2)cc2cc(F)ccc21. The summed E-state index contributed by atoms with van der Waals surface area (Å²) in [6.45, 7) is -0.179. The predicted molar refractivity (Wildman–Crippen MR) is 70.6 cm³/mol. The molecule has 0 unspecified atom stereocenters. The maximum atomic E-state index is 13.2. The fourth-order valence-electron chi connectivity index (χ4n) is 2.10. The number of nitrogens with zero attached hydrogens (tertiary/aromatic N) is 2. The highest BCUT2D eigenvalue weighted by Gasteiger charge is 2.14. The van der Waals surface area contributed by atoms with Crippen molar-refractivity contribution in [2.45, 2.75) is 6.54 Å². The average molecular weight is 276 g/mol. The van der Waals surface area contributed by atoms with Crippen LogP contribution >= 0.6 is 11.5 Å². The zero-order valence-electron chi connectivity index (χ0n) is 9.71. The number of carboxylic acids is 1. The van der Waals surface area contributed by atoms with E-state index in [1.165, 1.54) is 23.7 Å². The van der Waals surface area contributed by atoms with Crippen molar-refractivity contribution in [2.75, 3.05) is 0 Å². The van der Waals surface area contributed by atoms with Crippen molar-refractivity contribution in [1.82, 2.24) is 8.94 Å². The van der Waals surface area contributed by atoms with Crippen molar-refractivity contribution in [1.29, 1.82) is 0 Å². The Labute approximate surface area is 111 Å². The average Bonchev–Trinajstić information content (AvgIpc) is 2.96. The summed E-state index contributed by atoms with van der Waals surface area (Å²) in [5, 5.41) is 11.5. The van der Waals surface area contributed by atoms with Gasteiger partial charge in [0.25, 0.3) is 0 Å². The molecular formula is C13H9FN2O2S. The molecule has 0 aliphatic heterocycles. The summed E-state index contributed by atoms with van der Waals surface area (Å²) in [5.41, 5.74) is 2.07. The minimum Gasteiger partial charge on any atom is -0.480 e. The lowest BCUT2D eigenvalue weighted by Gasteiger charge is -2.05. The highest BCUT2D eigenvalue weighted by Crippen LogP contribution is 2.28. The van der Waals surface area contributed by atoms with Crippen molar-refractivity contribution in [2.24, 2.45) is 0 Å². The topological polar surface area (TPSA) is 55.1 Å². The zero-order valence-corrected chi connectivity index (χ0v) is 10.5. The molecule has 0 bridgehead atoms. The van der Waals surface area contributed by atoms with E-state index in [1.807, 2.05) is 11.4 Å². The molecule has 2 aromatic heterocycles. The molecule has 1 aromatic carbocycles. The number of benzene rings is 1. The van der Waals surface area contributed by atoms with Crippen LogP contribution in [0, 0.1) is 5.82 Å². The first kappa shape index (κ1) is 11.9. The maximum Gasteiger partial charge on any atom is 0.323 e. The molecule has 0 saturated heterocycles. The van der Waals surface area contributed by atoms with Gasteiger partial charge in [-0.05, 0) is 41.9 Å². The minimum absolute atomic E-state index is 0.179. The van der Waals surface area contributed by atoms with E-state index in [9.17, 15) is 9.18 Å². The number of hydrogen-bond acceptors (Lipinski definition) is 3. The molecule has 1 N–H and O–H groups in total. The van der Waals surface area contributed by atoms with Gasteiger partial charge in [-0.2, -0.15) is 4.37 Å². The summed E-state index contributed by atoms with van der Waals surface area (Å²) in [6.07, 6.45) is 0. The van der Waals surface area contributed by atoms with Gasteiger partial charge in [0, 0.05) is 16.3 Å². The second-order valence-electron chi connectivity index (χ2n) is 4.10. The van der Waals surface area contributed by atoms with E-state index in [0.717, 1.165) is 0 Å². The lowest BCUT2D eigenvalue weighted by Crippen LogP contribution is -2.09. The Morgan fingerprint density at radius 2 is 2.21 bits per heavy atom. The van der Waals surface area contributed by atoms with Gasteiger partial charge in [0.15, 0.2) is 0 Å². The van der Waals surface area contributed by atoms with E-state index < -0.39 is 5.97 Å². The molecule has 0 aliphatic rings. The lowest BCUT2D eigenvalue weighted by molar-refractivity contribution is -0.137. The van der Waals surface area contributed by atoms with Crippen molar-refractivity contribution >= 4 is 28.4 Å². The molecule has 0 spiro atoms. The molecule has 0 atom stereocenters. The number of carboxylic acid groups (broad SMARTS) is 1. The normalized spacial score (nSPS) is 11.0. The first-order valence-electron chi connectivity index (χ1n) is 5.56. The Morgan fingerprint density at radius 1 is 1.37 bits per heavy atom. The summed E-state index contributed by atoms with van der Waals surface area (Å²) < 4.78 is 19.1. The van der Waals surface area contributed by atoms with Gasteiger partial charge in [0.1, 0.15) is 18.1 Å². The summed E-state index contributed by atoms with van der Waals surface area (Å²) in [6, 6.07) is 7.88. The van der Waals surface area contributed by atoms with Crippen LogP contribution in [0.2, 0.25) is 0 Å². The molecule has 3 rings (SSSR count). The number of aromatic nitrogens is 2. The van der Waals surface area contributed by atoms with Crippen LogP contribution in [0.3, 0.4) is 0 Å². The Hall–Kier alpha value is -2.21. The van der Waals surface area contributed by atoms with Crippen molar-refractivity contribution in [3.05, 3.63) is 41.5 Å². The Kier molecular flexibility index (Phi) is 2.79. The molecule has 0 radical (unpaired) electrons. The van der Waals surface area contributed by atoms with Crippen LogP contribution in [0.25, 0.3) is 22.3 Å². The molecule has 0 saturated carbocycles. The molecule has 6 heteroatoms. The van der Waals surface area contributed by atoms with Crippen LogP contribution in [-0.2, 0) is 11.3 Å². The third kappa shape index (κ3) is 2.10. The highest BCUT2D eigenvalue weighted by atomic mass is 32.1. The summed E-state index contributed by atoms with van der Waals surface area (Å²) in [4.78, 5) is 11.0. The second kappa shape index (κ2) is 4.47. The van der Waals surface area contributed by atoms with E-state index in [4.69, 9.17) is 5.11 Å². The van der Waals surface area contributed by atoms with E-state index in [-0.39, 0.29) is 12.4 Å². The second-order valence-corrected chi connectivity index (χ2v) is 4.76. The summed E-state index contributed by atoms with van der Waals surface area (Å²) >= 11 is 1.29. The third-order valence-electron chi connectivity index (χ3n) is 2.86. The number of halogens is 1. The first-order valence-corrected chi connectivity index (χ1v) is 6.40. The summed E-state index contributed by atoms with van der Waals surface area (Å²) in [7, 11) is 0. The van der Waals surface area contributed by atoms with Gasteiger partial charge >= 0.3 is 5.97 Å². The predicted octanol–water partition coefficient (Wildman–Crippen LogP) is 2.99. The minimum atomic E-state index is -0.946. The van der Waals surface area contributed by atoms with Gasteiger partial charge in [-0.3, -0.25) is 4.79 Å². The fourth-order valence-corrected chi connectivity index (χ4v) is 2.62. The quantitative estimate of drug-likeness (QED) is 0.800. The Balaban J connectivity index is 2.27. The van der Waals surface area contributed by atoms with Crippen LogP contribution in [0.15, 0.2) is 35.7 Å². The van der Waals surface area contributed by atoms with Crippen LogP contribution in [0.4, 0.5) is 4.39 Å². The van der Waals surface area contributed by atoms with Gasteiger partial charge in [-0.1, -0.05) is 0 Å². The van der Waals surface area contributed by atoms with Gasteiger partial charge in [-0.25, -0.2) is 4.39 Å². The molecular weight excluding hydrogens is 267 g/mol. The summed E-state index contributed by atoms with van der Waals surface area (Å²) in [5.74, 6) is -1.29. The number of hydrogen-bond donors (Lipinski definition) is 1. The highest BCUT2D eigenvalue weighted by molar-refractivity contribution is 7.03. The Bertz CT molecular complexity index is 749. The molecule has 0 fully saturated rings. The molecule has 0 aliphatic carbocycles. The molecule has 4 nitrogen and oxygen atoms in total. The zero-order chi connectivity index (χ0) is 13.4. The molecule has 2 heterocycles. The molecule has 3 aromatic rings. The number of fused-ring (bicyclic) bond motifs is 1. The molecule has 0 amide bonds. The number of rotatable bonds is 3. The van der Waals surface area contributed by atoms with E-state index >= 15 is 0 Å². The van der Waals surface area contributed by atoms with Crippen LogP contribution in [0.5, 0.6) is 0 Å². The van der Waals surface area contributed by atoms with Crippen LogP contribution in [-0.4, -0.2) is 20.0 Å². The lowest BCUT2D eigenvalue weighted by atomic mass is 10.2. The largest absolute Gasteiger partial charge is 0.480 e. The van der Waals surface area contributed by atoms with Crippen molar-refractivity contribution < 1.29 is 14.3 Å². The number of carbonyl (C=O) groups is 1. The van der Waals surface area contributed by atoms with E-state index in [0.29, 0.717) is 22.3 Å². The van der Waals surface area contributed by atoms with Gasteiger partial charge in [0.05, 0.1) is 5.69 Å². The van der Waals surface area contributed by atoms with E-state index in [1.54, 1.807) is 16.7 Å². The van der Waals surface area contributed by atoms with Gasteiger partial charge < -0.3 is 9.67 Å². The third-order valence-corrected chi connectivity index (χ3v) is 3.42. The molecule has 96 valence electrons. The van der Waals surface area contributed by atoms with Crippen molar-refractivity contribution in [3.8, 4) is 11.4 Å². The number of aliphatic carboxylic acids is 1. The Morgan fingerprint density at radius 3 is 2.89 bits per heavy atom. The first-order chi connectivity index (χ1) is 9.15. The van der Waals surface area contributed by atoms with Gasteiger partial charge in [-0.15, -0.1) is 0 Å². The molecule has 19 heavy (non-hydrogen) atoms. The standard InChI is InChI=1S/C13H9FN2O2S/c14-9-1-2-11-8(5-9)6-12(10-3-4-19-15-10)16(11)7-13(17)18/h1-6H,7H2,(H,17,18). The maximum absolute atomic E-state index is 13.2. The van der Waals surface area contributed by atoms with Crippen molar-refractivity contribution in [3.63, 3.8) is 0 Å². The van der Waals surface area contributed by atoms with Crippen LogP contribution < -0.4 is 0 Å². The fraction of sp³-hybridized carbons (Fsp3) is 0.0769. The smallest absolute Gasteiger partial charge is 0.323 e. The monoisotopic (exact) mass is 276 g/mol. The van der Waals surface area contributed by atoms with Gasteiger partial charge in [0.2, 0.25) is 0 Å². The van der Waals surface area contributed by atoms with Crippen LogP contribution in [0.1, 0.15) is 0 Å².